The van der Waals surface area contributed by atoms with Crippen LogP contribution in [0.15, 0.2) is 12.7 Å². The second kappa shape index (κ2) is 7.82. The van der Waals surface area contributed by atoms with Crippen molar-refractivity contribution in [1.29, 1.82) is 0 Å². The van der Waals surface area contributed by atoms with Gasteiger partial charge in [-0.2, -0.15) is 0 Å². The molecule has 2 aromatic heterocycles. The van der Waals surface area contributed by atoms with Gasteiger partial charge in [0.05, 0.1) is 34.0 Å². The third kappa shape index (κ3) is 3.99. The zero-order valence-electron chi connectivity index (χ0n) is 13.4. The number of hydrogen-bond donors (Lipinski definition) is 1. The fourth-order valence-corrected chi connectivity index (χ4v) is 1.56. The zero-order chi connectivity index (χ0) is 17.6. The van der Waals surface area contributed by atoms with Crippen molar-refractivity contribution in [2.45, 2.75) is 0 Å². The van der Waals surface area contributed by atoms with Gasteiger partial charge in [-0.05, 0) is 0 Å². The Hall–Kier alpha value is -3.04. The molecule has 10 heteroatoms. The van der Waals surface area contributed by atoms with Crippen molar-refractivity contribution in [2.24, 2.45) is 14.1 Å². The summed E-state index contributed by atoms with van der Waals surface area (Å²) in [7, 11) is 7.32. The van der Waals surface area contributed by atoms with E-state index in [1.807, 2.05) is 0 Å². The topological polar surface area (TPSA) is 118 Å². The van der Waals surface area contributed by atoms with E-state index in [9.17, 15) is 9.59 Å². The number of nitrogens with zero attached hydrogens (tertiary/aromatic N) is 4. The lowest BCUT2D eigenvalue weighted by Gasteiger charge is -2.01. The first kappa shape index (κ1) is 18.0. The van der Waals surface area contributed by atoms with E-state index < -0.39 is 11.9 Å². The Bertz CT molecular complexity index is 691. The Labute approximate surface area is 132 Å². The number of carbonyl (C=O) groups is 2. The summed E-state index contributed by atoms with van der Waals surface area (Å²) in [5.41, 5.74) is 0.137. The number of methoxy groups -OCH3 is 3. The van der Waals surface area contributed by atoms with Gasteiger partial charge in [0.1, 0.15) is 0 Å². The molecule has 0 aliphatic heterocycles. The lowest BCUT2D eigenvalue weighted by atomic mass is 10.4. The fourth-order valence-electron chi connectivity index (χ4n) is 1.56. The molecule has 0 amide bonds. The highest BCUT2D eigenvalue weighted by Gasteiger charge is 2.17. The van der Waals surface area contributed by atoms with E-state index in [2.05, 4.69) is 19.4 Å². The van der Waals surface area contributed by atoms with Gasteiger partial charge in [-0.15, -0.1) is 0 Å². The van der Waals surface area contributed by atoms with Crippen LogP contribution in [-0.4, -0.2) is 57.5 Å². The van der Waals surface area contributed by atoms with E-state index in [-0.39, 0.29) is 17.3 Å². The molecule has 2 aromatic rings. The number of esters is 2. The van der Waals surface area contributed by atoms with Crippen LogP contribution in [0.5, 0.6) is 11.8 Å². The lowest BCUT2D eigenvalue weighted by Crippen LogP contribution is -2.04. The Morgan fingerprint density at radius 1 is 0.957 bits per heavy atom. The molecule has 0 aliphatic rings. The van der Waals surface area contributed by atoms with Gasteiger partial charge >= 0.3 is 11.9 Å². The van der Waals surface area contributed by atoms with Gasteiger partial charge < -0.3 is 28.5 Å². The van der Waals surface area contributed by atoms with E-state index >= 15 is 0 Å². The molecule has 2 rings (SSSR count). The maximum atomic E-state index is 11.0. The number of aryl methyl sites for hydroxylation is 2. The van der Waals surface area contributed by atoms with Gasteiger partial charge in [0.25, 0.3) is 0 Å². The molecule has 0 saturated heterocycles. The fraction of sp³-hybridized carbons (Fsp3) is 0.385. The first-order valence-electron chi connectivity index (χ1n) is 6.29. The van der Waals surface area contributed by atoms with Crippen molar-refractivity contribution in [2.75, 3.05) is 21.3 Å². The Morgan fingerprint density at radius 3 is 1.87 bits per heavy atom. The van der Waals surface area contributed by atoms with Gasteiger partial charge in [-0.3, -0.25) is 0 Å². The second-order valence-electron chi connectivity index (χ2n) is 4.22. The average Bonchev–Trinajstić information content (AvgIpc) is 3.09. The maximum Gasteiger partial charge on any atom is 0.362 e. The molecule has 0 aromatic carbocycles. The molecule has 0 spiro atoms. The van der Waals surface area contributed by atoms with Crippen LogP contribution >= 0.6 is 0 Å². The molecule has 0 unspecified atom stereocenters. The largest absolute Gasteiger partial charge is 0.493 e. The zero-order valence-corrected chi connectivity index (χ0v) is 13.4. The quantitative estimate of drug-likeness (QED) is 0.791. The van der Waals surface area contributed by atoms with E-state index in [0.29, 0.717) is 5.88 Å². The van der Waals surface area contributed by atoms with Crippen LogP contribution in [0.25, 0.3) is 0 Å². The van der Waals surface area contributed by atoms with Crippen LogP contribution in [0.3, 0.4) is 0 Å². The minimum atomic E-state index is -0.636. The highest BCUT2D eigenvalue weighted by molar-refractivity contribution is 5.90. The van der Waals surface area contributed by atoms with Crippen molar-refractivity contribution < 1.29 is 28.9 Å². The van der Waals surface area contributed by atoms with Crippen LogP contribution in [0.1, 0.15) is 21.0 Å². The molecular weight excluding hydrogens is 308 g/mol. The van der Waals surface area contributed by atoms with E-state index in [4.69, 9.17) is 9.84 Å². The monoisotopic (exact) mass is 326 g/mol. The number of rotatable bonds is 3. The molecule has 0 aliphatic carbocycles. The Morgan fingerprint density at radius 2 is 1.43 bits per heavy atom. The molecule has 126 valence electrons. The first-order valence-corrected chi connectivity index (χ1v) is 6.29. The van der Waals surface area contributed by atoms with Crippen molar-refractivity contribution in [3.63, 3.8) is 0 Å². The van der Waals surface area contributed by atoms with E-state index in [1.54, 1.807) is 18.7 Å². The summed E-state index contributed by atoms with van der Waals surface area (Å²) in [5, 5.41) is 9.14. The molecule has 0 atom stereocenters. The molecule has 0 fully saturated rings. The first-order chi connectivity index (χ1) is 10.9. The number of imidazole rings is 2. The summed E-state index contributed by atoms with van der Waals surface area (Å²) >= 11 is 0. The molecule has 0 radical (unpaired) electrons. The highest BCUT2D eigenvalue weighted by Crippen LogP contribution is 2.15. The van der Waals surface area contributed by atoms with Crippen molar-refractivity contribution in [3.8, 4) is 11.8 Å². The van der Waals surface area contributed by atoms with Crippen LogP contribution in [0.4, 0.5) is 0 Å². The molecule has 1 N–H and O–H groups in total. The van der Waals surface area contributed by atoms with Crippen LogP contribution in [0, 0.1) is 0 Å². The van der Waals surface area contributed by atoms with Crippen LogP contribution in [-0.2, 0) is 23.6 Å². The minimum Gasteiger partial charge on any atom is -0.493 e. The Balaban J connectivity index is 0.000000231. The number of ether oxygens (including phenoxy) is 3. The Kier molecular flexibility index (Phi) is 6.13. The van der Waals surface area contributed by atoms with Crippen molar-refractivity contribution >= 4 is 11.9 Å². The summed E-state index contributed by atoms with van der Waals surface area (Å²) in [6.07, 6.45) is 2.83. The van der Waals surface area contributed by atoms with Crippen molar-refractivity contribution in [1.82, 2.24) is 19.1 Å². The smallest absolute Gasteiger partial charge is 0.362 e. The predicted octanol–water partition coefficient (Wildman–Crippen LogP) is 0.128. The third-order valence-electron chi connectivity index (χ3n) is 2.74. The molecular formula is C13H18N4O6. The number of aromatic hydroxyl groups is 1. The standard InChI is InChI=1S/C7H10N2O3.C6H8N2O3/c1-9-4-8-5(6(9)11-2)7(10)12-3;1-8-3-7-4(5(8)9)6(10)11-2/h4H,1-3H3;3,9H,1-2H3. The summed E-state index contributed by atoms with van der Waals surface area (Å²) in [4.78, 5) is 29.3. The molecule has 0 saturated carbocycles. The summed E-state index contributed by atoms with van der Waals surface area (Å²) in [5.74, 6) is -0.908. The summed E-state index contributed by atoms with van der Waals surface area (Å²) in [6.45, 7) is 0. The predicted molar refractivity (Wildman–Crippen MR) is 77.3 cm³/mol. The highest BCUT2D eigenvalue weighted by atomic mass is 16.5. The average molecular weight is 326 g/mol. The second-order valence-corrected chi connectivity index (χ2v) is 4.22. The number of carbonyl (C=O) groups excluding carboxylic acids is 2. The molecule has 0 bridgehead atoms. The van der Waals surface area contributed by atoms with Gasteiger partial charge in [-0.1, -0.05) is 0 Å². The summed E-state index contributed by atoms with van der Waals surface area (Å²) in [6, 6.07) is 0. The van der Waals surface area contributed by atoms with Gasteiger partial charge in [0.15, 0.2) is 0 Å². The lowest BCUT2D eigenvalue weighted by molar-refractivity contribution is 0.0581. The number of hydrogen-bond acceptors (Lipinski definition) is 8. The van der Waals surface area contributed by atoms with Crippen LogP contribution in [0.2, 0.25) is 0 Å². The minimum absolute atomic E-state index is 0.0602. The van der Waals surface area contributed by atoms with E-state index in [0.717, 1.165) is 0 Å². The normalized spacial score (nSPS) is 9.61. The number of aromatic nitrogens is 4. The van der Waals surface area contributed by atoms with Gasteiger partial charge in [0, 0.05) is 14.1 Å². The van der Waals surface area contributed by atoms with Crippen molar-refractivity contribution in [3.05, 3.63) is 24.0 Å². The molecule has 2 heterocycles. The van der Waals surface area contributed by atoms with Gasteiger partial charge in [-0.25, -0.2) is 19.6 Å². The van der Waals surface area contributed by atoms with Crippen LogP contribution < -0.4 is 4.74 Å². The maximum absolute atomic E-state index is 11.0. The molecule has 23 heavy (non-hydrogen) atoms. The third-order valence-corrected chi connectivity index (χ3v) is 2.74. The SMILES string of the molecule is COC(=O)c1ncn(C)c1O.COC(=O)c1ncn(C)c1OC. The van der Waals surface area contributed by atoms with E-state index in [1.165, 1.54) is 38.6 Å². The summed E-state index contributed by atoms with van der Waals surface area (Å²) < 4.78 is 16.7. The molecule has 10 nitrogen and oxygen atoms in total. The van der Waals surface area contributed by atoms with Gasteiger partial charge in [0.2, 0.25) is 23.1 Å².